The minimum Gasteiger partial charge on any atom is -0.505 e. The Labute approximate surface area is 180 Å². The van der Waals surface area contributed by atoms with Crippen molar-refractivity contribution >= 4 is 43.7 Å². The van der Waals surface area contributed by atoms with E-state index in [1.807, 2.05) is 0 Å². The van der Waals surface area contributed by atoms with Crippen molar-refractivity contribution in [2.45, 2.75) is 29.6 Å². The fraction of sp³-hybridized carbons (Fsp3) is 0.188. The number of pyridine rings is 1. The number of carboxylic acids is 2. The minimum atomic E-state index is -4.93. The summed E-state index contributed by atoms with van der Waals surface area (Å²) in [6.45, 7) is 1.21. The first-order chi connectivity index (χ1) is 14.6. The molecule has 2 rings (SSSR count). The second-order valence-electron chi connectivity index (χ2n) is 6.20. The molecule has 0 saturated carbocycles. The Balaban J connectivity index is 2.77. The lowest BCUT2D eigenvalue weighted by Gasteiger charge is -2.11. The van der Waals surface area contributed by atoms with E-state index in [1.165, 1.54) is 6.92 Å². The first kappa shape index (κ1) is 24.8. The Kier molecular flexibility index (Phi) is 6.94. The molecule has 0 saturated heterocycles. The van der Waals surface area contributed by atoms with Crippen LogP contribution < -0.4 is 0 Å². The summed E-state index contributed by atoms with van der Waals surface area (Å²) in [5.41, 5.74) is -2.02. The van der Waals surface area contributed by atoms with Crippen LogP contribution in [0.2, 0.25) is 0 Å². The van der Waals surface area contributed by atoms with Gasteiger partial charge in [-0.2, -0.15) is 16.8 Å². The maximum atomic E-state index is 11.6. The fourth-order valence-electron chi connectivity index (χ4n) is 2.55. The van der Waals surface area contributed by atoms with E-state index in [0.29, 0.717) is 18.2 Å². The van der Waals surface area contributed by atoms with Crippen LogP contribution in [0.5, 0.6) is 5.75 Å². The largest absolute Gasteiger partial charge is 0.505 e. The number of carboxylic acid groups (broad SMARTS) is 2. The molecule has 5 N–H and O–H groups in total. The summed E-state index contributed by atoms with van der Waals surface area (Å²) in [6.07, 6.45) is -1.04. The molecule has 172 valence electrons. The average molecular weight is 489 g/mol. The number of azo groups is 1. The number of aromatic hydroxyl groups is 1. The van der Waals surface area contributed by atoms with Gasteiger partial charge in [0.05, 0.1) is 10.6 Å². The number of benzene rings is 1. The molecule has 1 aromatic carbocycles. The highest BCUT2D eigenvalue weighted by atomic mass is 32.2. The molecule has 0 aliphatic rings. The number of hydrogen-bond donors (Lipinski definition) is 5. The summed E-state index contributed by atoms with van der Waals surface area (Å²) in [4.78, 5) is 24.7. The molecule has 1 heterocycles. The van der Waals surface area contributed by atoms with Crippen LogP contribution in [0.15, 0.2) is 38.2 Å². The second-order valence-corrected chi connectivity index (χ2v) is 9.01. The SMILES string of the molecule is Cc1nc(N=Nc2cc(S(=O)(=O)O)ccc2S(=O)(=O)O)c(CCC(=O)O)c(C(=O)O)c1O. The lowest BCUT2D eigenvalue weighted by atomic mass is 10.0. The van der Waals surface area contributed by atoms with E-state index in [0.717, 1.165) is 0 Å². The van der Waals surface area contributed by atoms with Crippen LogP contribution >= 0.6 is 0 Å². The number of carbonyl (C=O) groups is 2. The predicted octanol–water partition coefficient (Wildman–Crippen LogP) is 1.72. The maximum absolute atomic E-state index is 11.6. The molecule has 0 amide bonds. The monoisotopic (exact) mass is 489 g/mol. The van der Waals surface area contributed by atoms with Gasteiger partial charge >= 0.3 is 11.9 Å². The molecule has 0 radical (unpaired) electrons. The van der Waals surface area contributed by atoms with Gasteiger partial charge in [-0.1, -0.05) is 0 Å². The zero-order valence-corrected chi connectivity index (χ0v) is 17.6. The third-order valence-corrected chi connectivity index (χ3v) is 5.74. The molecule has 2 aromatic rings. The van der Waals surface area contributed by atoms with Crippen molar-refractivity contribution in [2.24, 2.45) is 10.2 Å². The Morgan fingerprint density at radius 2 is 1.66 bits per heavy atom. The van der Waals surface area contributed by atoms with Crippen LogP contribution in [0.4, 0.5) is 11.5 Å². The molecule has 32 heavy (non-hydrogen) atoms. The number of nitrogens with zero attached hydrogens (tertiary/aromatic N) is 3. The van der Waals surface area contributed by atoms with Gasteiger partial charge in [-0.3, -0.25) is 13.9 Å². The zero-order chi connectivity index (χ0) is 24.4. The van der Waals surface area contributed by atoms with Crippen LogP contribution in [0.25, 0.3) is 0 Å². The van der Waals surface area contributed by atoms with Crippen molar-refractivity contribution in [1.82, 2.24) is 4.98 Å². The van der Waals surface area contributed by atoms with Crippen LogP contribution in [0, 0.1) is 6.92 Å². The van der Waals surface area contributed by atoms with E-state index < -0.39 is 77.6 Å². The van der Waals surface area contributed by atoms with Gasteiger partial charge in [0.15, 0.2) is 11.6 Å². The minimum absolute atomic E-state index is 0.225. The summed E-state index contributed by atoms with van der Waals surface area (Å²) in [7, 11) is -9.73. The fourth-order valence-corrected chi connectivity index (χ4v) is 3.66. The highest BCUT2D eigenvalue weighted by molar-refractivity contribution is 7.86. The molecular formula is C16H15N3O11S2. The van der Waals surface area contributed by atoms with Crippen LogP contribution in [-0.4, -0.2) is 58.2 Å². The van der Waals surface area contributed by atoms with Crippen molar-refractivity contribution in [3.63, 3.8) is 0 Å². The first-order valence-corrected chi connectivity index (χ1v) is 11.2. The van der Waals surface area contributed by atoms with Gasteiger partial charge in [-0.05, 0) is 31.5 Å². The highest BCUT2D eigenvalue weighted by Crippen LogP contribution is 2.34. The molecular weight excluding hydrogens is 474 g/mol. The molecule has 0 fully saturated rings. The molecule has 16 heteroatoms. The lowest BCUT2D eigenvalue weighted by Crippen LogP contribution is -2.08. The lowest BCUT2D eigenvalue weighted by molar-refractivity contribution is -0.136. The average Bonchev–Trinajstić information content (AvgIpc) is 2.65. The van der Waals surface area contributed by atoms with E-state index in [4.69, 9.17) is 9.66 Å². The van der Waals surface area contributed by atoms with Crippen molar-refractivity contribution in [2.75, 3.05) is 0 Å². The van der Waals surface area contributed by atoms with Crippen LogP contribution in [-0.2, 0) is 31.5 Å². The molecule has 0 aliphatic carbocycles. The highest BCUT2D eigenvalue weighted by Gasteiger charge is 2.24. The molecule has 0 bridgehead atoms. The summed E-state index contributed by atoms with van der Waals surface area (Å²) in [6, 6.07) is 1.89. The predicted molar refractivity (Wildman–Crippen MR) is 104 cm³/mol. The van der Waals surface area contributed by atoms with Gasteiger partial charge < -0.3 is 15.3 Å². The van der Waals surface area contributed by atoms with Gasteiger partial charge in [0.2, 0.25) is 0 Å². The second kappa shape index (κ2) is 8.95. The van der Waals surface area contributed by atoms with Gasteiger partial charge in [-0.25, -0.2) is 9.78 Å². The van der Waals surface area contributed by atoms with Gasteiger partial charge in [0, 0.05) is 12.0 Å². The smallest absolute Gasteiger partial charge is 0.339 e. The van der Waals surface area contributed by atoms with Gasteiger partial charge in [0.1, 0.15) is 16.1 Å². The molecule has 1 aromatic heterocycles. The van der Waals surface area contributed by atoms with Crippen molar-refractivity contribution in [3.05, 3.63) is 35.0 Å². The number of aryl methyl sites for hydroxylation is 1. The molecule has 14 nitrogen and oxygen atoms in total. The van der Waals surface area contributed by atoms with Crippen molar-refractivity contribution in [3.8, 4) is 5.75 Å². The summed E-state index contributed by atoms with van der Waals surface area (Å²) >= 11 is 0. The zero-order valence-electron chi connectivity index (χ0n) is 16.0. The number of rotatable bonds is 8. The Morgan fingerprint density at radius 1 is 1.03 bits per heavy atom. The quantitative estimate of drug-likeness (QED) is 0.263. The van der Waals surface area contributed by atoms with E-state index in [1.54, 1.807) is 0 Å². The standard InChI is InChI=1S/C16H15N3O11S2/c1-7-14(22)13(16(23)24)9(3-5-12(20)21)15(17-7)19-18-10-6-8(31(25,26)27)2-4-11(10)32(28,29)30/h2,4,6,22H,3,5H2,1H3,(H,20,21)(H,23,24)(H,25,26,27)(H,28,29,30). The van der Waals surface area contributed by atoms with E-state index in [9.17, 15) is 41.2 Å². The third kappa shape index (κ3) is 5.61. The number of hydrogen-bond acceptors (Lipinski definition) is 10. The van der Waals surface area contributed by atoms with E-state index in [2.05, 4.69) is 15.2 Å². The summed E-state index contributed by atoms with van der Waals surface area (Å²) < 4.78 is 64.3. The molecule has 0 spiro atoms. The third-order valence-electron chi connectivity index (χ3n) is 3.99. The van der Waals surface area contributed by atoms with Crippen LogP contribution in [0.1, 0.15) is 28.0 Å². The van der Waals surface area contributed by atoms with E-state index in [-0.39, 0.29) is 11.3 Å². The van der Waals surface area contributed by atoms with Crippen molar-refractivity contribution in [1.29, 1.82) is 0 Å². The van der Waals surface area contributed by atoms with Crippen LogP contribution in [0.3, 0.4) is 0 Å². The number of aliphatic carboxylic acids is 1. The first-order valence-electron chi connectivity index (χ1n) is 8.31. The van der Waals surface area contributed by atoms with Gasteiger partial charge in [0.25, 0.3) is 20.2 Å². The molecule has 0 atom stereocenters. The Hall–Kier alpha value is -3.47. The summed E-state index contributed by atoms with van der Waals surface area (Å²) in [5.74, 6) is -4.18. The number of aromatic carboxylic acids is 1. The Bertz CT molecular complexity index is 1350. The summed E-state index contributed by atoms with van der Waals surface area (Å²) in [5, 5.41) is 35.4. The maximum Gasteiger partial charge on any atom is 0.339 e. The normalized spacial score (nSPS) is 12.2. The number of aromatic nitrogens is 1. The Morgan fingerprint density at radius 3 is 2.16 bits per heavy atom. The topological polar surface area (TPSA) is 241 Å². The molecule has 0 unspecified atom stereocenters. The van der Waals surface area contributed by atoms with Gasteiger partial charge in [-0.15, -0.1) is 10.2 Å². The molecule has 0 aliphatic heterocycles. The van der Waals surface area contributed by atoms with E-state index >= 15 is 0 Å². The van der Waals surface area contributed by atoms with Crippen molar-refractivity contribution < 1.29 is 50.8 Å².